The molecule has 0 saturated heterocycles. The van der Waals surface area contributed by atoms with Crippen LogP contribution < -0.4 is 10.4 Å². The van der Waals surface area contributed by atoms with E-state index in [1.807, 2.05) is 6.92 Å². The highest BCUT2D eigenvalue weighted by atomic mass is 28.4. The number of hydrogen-bond acceptors (Lipinski definition) is 2. The molecule has 146 valence electrons. The van der Waals surface area contributed by atoms with E-state index in [0.29, 0.717) is 13.0 Å². The fourth-order valence-corrected chi connectivity index (χ4v) is 8.42. The summed E-state index contributed by atoms with van der Waals surface area (Å²) in [6.07, 6.45) is 1.92. The van der Waals surface area contributed by atoms with Gasteiger partial charge in [0.1, 0.15) is 0 Å². The predicted molar refractivity (Wildman–Crippen MR) is 118 cm³/mol. The third-order valence-corrected chi connectivity index (χ3v) is 10.0. The molecule has 0 heterocycles. The van der Waals surface area contributed by atoms with Crippen LogP contribution in [-0.2, 0) is 4.43 Å². The maximum atomic E-state index is 10.1. The van der Waals surface area contributed by atoms with Gasteiger partial charge in [-0.15, -0.1) is 6.58 Å². The molecule has 0 spiro atoms. The Morgan fingerprint density at radius 3 is 1.89 bits per heavy atom. The number of rotatable bonds is 9. The standard InChI is InChI=1S/C24H34O2Si/c1-20(2)19-21(25)13-12-18-26-27(24(3,4)5,22-14-8-6-9-15-22)23-16-10-7-11-17-23/h6-11,14-17,21,25H,1,12-13,18-19H2,2-5H3/t21-/m0/s1. The van der Waals surface area contributed by atoms with E-state index in [2.05, 4.69) is 88.0 Å². The van der Waals surface area contributed by atoms with Gasteiger partial charge in [-0.1, -0.05) is 87.0 Å². The van der Waals surface area contributed by atoms with Crippen LogP contribution in [-0.4, -0.2) is 26.1 Å². The summed E-state index contributed by atoms with van der Waals surface area (Å²) >= 11 is 0. The smallest absolute Gasteiger partial charge is 0.261 e. The molecular weight excluding hydrogens is 348 g/mol. The Morgan fingerprint density at radius 2 is 1.48 bits per heavy atom. The van der Waals surface area contributed by atoms with Crippen LogP contribution in [0.2, 0.25) is 5.04 Å². The van der Waals surface area contributed by atoms with Gasteiger partial charge in [-0.3, -0.25) is 0 Å². The molecule has 0 bridgehead atoms. The summed E-state index contributed by atoms with van der Waals surface area (Å²) in [7, 11) is -2.45. The first-order valence-corrected chi connectivity index (χ1v) is 11.8. The molecule has 27 heavy (non-hydrogen) atoms. The predicted octanol–water partition coefficient (Wildman–Crippen LogP) is 4.67. The Hall–Kier alpha value is -1.68. The molecule has 0 aromatic heterocycles. The van der Waals surface area contributed by atoms with Crippen molar-refractivity contribution in [1.82, 2.24) is 0 Å². The van der Waals surface area contributed by atoms with Crippen molar-refractivity contribution in [2.24, 2.45) is 0 Å². The van der Waals surface area contributed by atoms with Gasteiger partial charge >= 0.3 is 0 Å². The van der Waals surface area contributed by atoms with E-state index < -0.39 is 8.32 Å². The van der Waals surface area contributed by atoms with Gasteiger partial charge in [-0.2, -0.15) is 0 Å². The first-order chi connectivity index (χ1) is 12.8. The van der Waals surface area contributed by atoms with Crippen LogP contribution in [0.3, 0.4) is 0 Å². The van der Waals surface area contributed by atoms with Gasteiger partial charge < -0.3 is 9.53 Å². The highest BCUT2D eigenvalue weighted by molar-refractivity contribution is 6.99. The van der Waals surface area contributed by atoms with Crippen LogP contribution in [0.1, 0.15) is 47.0 Å². The minimum atomic E-state index is -2.45. The minimum Gasteiger partial charge on any atom is -0.407 e. The van der Waals surface area contributed by atoms with Crippen molar-refractivity contribution >= 4 is 18.7 Å². The molecule has 0 amide bonds. The summed E-state index contributed by atoms with van der Waals surface area (Å²) < 4.78 is 6.83. The average Bonchev–Trinajstić information content (AvgIpc) is 2.61. The second-order valence-electron chi connectivity index (χ2n) is 8.47. The summed E-state index contributed by atoms with van der Waals surface area (Å²) in [6.45, 7) is 13.4. The summed E-state index contributed by atoms with van der Waals surface area (Å²) in [5, 5.41) is 12.7. The highest BCUT2D eigenvalue weighted by Gasteiger charge is 2.49. The van der Waals surface area contributed by atoms with Crippen molar-refractivity contribution in [3.63, 3.8) is 0 Å². The summed E-state index contributed by atoms with van der Waals surface area (Å²) in [5.41, 5.74) is 1.02. The van der Waals surface area contributed by atoms with E-state index in [4.69, 9.17) is 4.43 Å². The second-order valence-corrected chi connectivity index (χ2v) is 12.8. The number of aliphatic hydroxyl groups excluding tert-OH is 1. The maximum Gasteiger partial charge on any atom is 0.261 e. The van der Waals surface area contributed by atoms with Crippen molar-refractivity contribution in [3.8, 4) is 0 Å². The molecule has 0 fully saturated rings. The SMILES string of the molecule is C=C(C)C[C@@H](O)CCCO[Si](c1ccccc1)(c1ccccc1)C(C)(C)C. The summed E-state index contributed by atoms with van der Waals surface area (Å²) in [4.78, 5) is 0. The molecular formula is C24H34O2Si. The Bertz CT molecular complexity index is 665. The first-order valence-electron chi connectivity index (χ1n) is 9.85. The third kappa shape index (κ3) is 5.41. The van der Waals surface area contributed by atoms with Gasteiger partial charge in [0.2, 0.25) is 0 Å². The topological polar surface area (TPSA) is 29.5 Å². The quantitative estimate of drug-likeness (QED) is 0.388. The fourth-order valence-electron chi connectivity index (χ4n) is 3.81. The normalized spacial score (nSPS) is 13.4. The minimum absolute atomic E-state index is 0.00791. The molecule has 0 aliphatic heterocycles. The molecule has 2 nitrogen and oxygen atoms in total. The lowest BCUT2D eigenvalue weighted by atomic mass is 10.1. The number of aliphatic hydroxyl groups is 1. The lowest BCUT2D eigenvalue weighted by Crippen LogP contribution is -2.66. The van der Waals surface area contributed by atoms with E-state index >= 15 is 0 Å². The highest BCUT2D eigenvalue weighted by Crippen LogP contribution is 2.36. The molecule has 3 heteroatoms. The van der Waals surface area contributed by atoms with Crippen LogP contribution in [0.4, 0.5) is 0 Å². The van der Waals surface area contributed by atoms with Gasteiger partial charge in [0, 0.05) is 6.61 Å². The maximum absolute atomic E-state index is 10.1. The molecule has 0 radical (unpaired) electrons. The van der Waals surface area contributed by atoms with Crippen LogP contribution in [0.5, 0.6) is 0 Å². The first kappa shape index (κ1) is 21.6. The van der Waals surface area contributed by atoms with Crippen molar-refractivity contribution in [2.75, 3.05) is 6.61 Å². The van der Waals surface area contributed by atoms with Gasteiger partial charge in [0.05, 0.1) is 6.10 Å². The van der Waals surface area contributed by atoms with Crippen LogP contribution in [0.25, 0.3) is 0 Å². The largest absolute Gasteiger partial charge is 0.407 e. The second kappa shape index (κ2) is 9.49. The summed E-state index contributed by atoms with van der Waals surface area (Å²) in [6, 6.07) is 21.4. The van der Waals surface area contributed by atoms with E-state index in [-0.39, 0.29) is 11.1 Å². The molecule has 2 rings (SSSR count). The van der Waals surface area contributed by atoms with Crippen molar-refractivity contribution in [3.05, 3.63) is 72.8 Å². The molecule has 1 atom stereocenters. The lowest BCUT2D eigenvalue weighted by molar-refractivity contribution is 0.151. The molecule has 2 aromatic rings. The molecule has 2 aromatic carbocycles. The fraction of sp³-hybridized carbons (Fsp3) is 0.417. The Balaban J connectivity index is 2.29. The zero-order valence-corrected chi connectivity index (χ0v) is 18.2. The van der Waals surface area contributed by atoms with Crippen LogP contribution in [0.15, 0.2) is 72.8 Å². The van der Waals surface area contributed by atoms with Gasteiger partial charge in [-0.05, 0) is 41.6 Å². The average molecular weight is 383 g/mol. The van der Waals surface area contributed by atoms with E-state index in [1.54, 1.807) is 0 Å². The van der Waals surface area contributed by atoms with E-state index in [0.717, 1.165) is 18.4 Å². The zero-order valence-electron chi connectivity index (χ0n) is 17.2. The molecule has 0 aliphatic rings. The molecule has 0 saturated carbocycles. The molecule has 0 aliphatic carbocycles. The van der Waals surface area contributed by atoms with Gasteiger partial charge in [-0.25, -0.2) is 0 Å². The van der Waals surface area contributed by atoms with Gasteiger partial charge in [0.25, 0.3) is 8.32 Å². The molecule has 0 unspecified atom stereocenters. The third-order valence-electron chi connectivity index (χ3n) is 5.00. The molecule has 1 N–H and O–H groups in total. The summed E-state index contributed by atoms with van der Waals surface area (Å²) in [5.74, 6) is 0. The Labute approximate surface area is 166 Å². The van der Waals surface area contributed by atoms with E-state index in [9.17, 15) is 5.11 Å². The van der Waals surface area contributed by atoms with Crippen molar-refractivity contribution < 1.29 is 9.53 Å². The van der Waals surface area contributed by atoms with Crippen LogP contribution >= 0.6 is 0 Å². The number of benzene rings is 2. The number of hydrogen-bond donors (Lipinski definition) is 1. The van der Waals surface area contributed by atoms with E-state index in [1.165, 1.54) is 10.4 Å². The monoisotopic (exact) mass is 382 g/mol. The van der Waals surface area contributed by atoms with Gasteiger partial charge in [0.15, 0.2) is 0 Å². The lowest BCUT2D eigenvalue weighted by Gasteiger charge is -2.43. The zero-order chi connectivity index (χ0) is 19.9. The van der Waals surface area contributed by atoms with Crippen LogP contribution in [0, 0.1) is 0 Å². The Kier molecular flexibility index (Phi) is 7.60. The van der Waals surface area contributed by atoms with Crippen molar-refractivity contribution in [1.29, 1.82) is 0 Å². The van der Waals surface area contributed by atoms with Crippen molar-refractivity contribution in [2.45, 2.75) is 58.1 Å². The Morgan fingerprint density at radius 1 is 1.00 bits per heavy atom.